The molecule has 0 amide bonds. The van der Waals surface area contributed by atoms with Crippen LogP contribution in [-0.4, -0.2) is 74.9 Å². The molecule has 0 saturated carbocycles. The number of hydrogen-bond donors (Lipinski definition) is 1. The minimum absolute atomic E-state index is 0.0240. The molecule has 0 spiro atoms. The Labute approximate surface area is 491 Å². The maximum Gasteiger partial charge on any atom is 0.472 e. The highest BCUT2D eigenvalue weighted by Gasteiger charge is 2.27. The van der Waals surface area contributed by atoms with Crippen LogP contribution in [0.5, 0.6) is 0 Å². The number of phosphoric ester groups is 1. The minimum Gasteiger partial charge on any atom is -0.462 e. The molecular weight excluding hydrogens is 1010 g/mol. The summed E-state index contributed by atoms with van der Waals surface area (Å²) >= 11 is 0. The van der Waals surface area contributed by atoms with Crippen molar-refractivity contribution < 1.29 is 42.1 Å². The molecule has 0 aromatic rings. The topological polar surface area (TPSA) is 108 Å². The molecule has 0 fully saturated rings. The maximum absolute atomic E-state index is 12.8. The Kier molecular flexibility index (Phi) is 56.9. The molecule has 0 aromatic heterocycles. The molecule has 0 bridgehead atoms. The second kappa shape index (κ2) is 59.8. The van der Waals surface area contributed by atoms with Gasteiger partial charge in [0.05, 0.1) is 27.7 Å². The van der Waals surface area contributed by atoms with Crippen molar-refractivity contribution in [1.82, 2.24) is 0 Å². The van der Waals surface area contributed by atoms with Crippen molar-refractivity contribution in [2.45, 2.75) is 251 Å². The van der Waals surface area contributed by atoms with Crippen LogP contribution in [0.2, 0.25) is 0 Å². The van der Waals surface area contributed by atoms with Gasteiger partial charge in [0.2, 0.25) is 0 Å². The fourth-order valence-electron chi connectivity index (χ4n) is 8.27. The number of carbonyl (C=O) groups excluding carboxylic acids is 2. The average molecular weight is 1130 g/mol. The van der Waals surface area contributed by atoms with Gasteiger partial charge in [-0.3, -0.25) is 18.6 Å². The summed E-state index contributed by atoms with van der Waals surface area (Å²) in [7, 11) is 1.46. The van der Waals surface area contributed by atoms with Gasteiger partial charge >= 0.3 is 19.8 Å². The van der Waals surface area contributed by atoms with Crippen molar-refractivity contribution in [2.75, 3.05) is 47.5 Å². The van der Waals surface area contributed by atoms with Crippen LogP contribution in [0.25, 0.3) is 0 Å². The number of hydrogen-bond acceptors (Lipinski definition) is 7. The van der Waals surface area contributed by atoms with E-state index in [2.05, 4.69) is 148 Å². The summed E-state index contributed by atoms with van der Waals surface area (Å²) in [6, 6.07) is 0. The van der Waals surface area contributed by atoms with Gasteiger partial charge in [0, 0.05) is 12.8 Å². The van der Waals surface area contributed by atoms with Crippen LogP contribution in [0.4, 0.5) is 0 Å². The van der Waals surface area contributed by atoms with Crippen LogP contribution in [0.15, 0.2) is 134 Å². The van der Waals surface area contributed by atoms with Crippen molar-refractivity contribution in [3.8, 4) is 0 Å². The van der Waals surface area contributed by atoms with E-state index in [4.69, 9.17) is 18.5 Å². The quantitative estimate of drug-likeness (QED) is 0.0211. The Morgan fingerprint density at radius 2 is 0.713 bits per heavy atom. The molecular formula is C70H119NO8P+. The predicted octanol–water partition coefficient (Wildman–Crippen LogP) is 20.5. The molecule has 0 aliphatic carbocycles. The number of likely N-dealkylation sites (N-methyl/N-ethyl adjacent to an activating group) is 1. The zero-order valence-electron chi connectivity index (χ0n) is 51.8. The lowest BCUT2D eigenvalue weighted by molar-refractivity contribution is -0.870. The van der Waals surface area contributed by atoms with Crippen LogP contribution in [0.3, 0.4) is 0 Å². The lowest BCUT2D eigenvalue weighted by atomic mass is 10.0. The third kappa shape index (κ3) is 63.3. The van der Waals surface area contributed by atoms with E-state index in [0.29, 0.717) is 17.4 Å². The normalized spacial score (nSPS) is 14.1. The highest BCUT2D eigenvalue weighted by atomic mass is 31.2. The molecule has 1 N–H and O–H groups in total. The number of phosphoric acid groups is 1. The summed E-state index contributed by atoms with van der Waals surface area (Å²) in [5.74, 6) is -0.814. The molecule has 0 aliphatic heterocycles. The zero-order chi connectivity index (χ0) is 58.4. The molecule has 0 radical (unpaired) electrons. The second-order valence-corrected chi connectivity index (χ2v) is 23.5. The molecule has 80 heavy (non-hydrogen) atoms. The average Bonchev–Trinajstić information content (AvgIpc) is 3.42. The van der Waals surface area contributed by atoms with E-state index in [1.54, 1.807) is 0 Å². The largest absolute Gasteiger partial charge is 0.472 e. The maximum atomic E-state index is 12.8. The first-order valence-electron chi connectivity index (χ1n) is 31.9. The van der Waals surface area contributed by atoms with Gasteiger partial charge in [0.25, 0.3) is 0 Å². The number of unbranched alkanes of at least 4 members (excludes halogenated alkanes) is 21. The summed E-state index contributed by atoms with van der Waals surface area (Å²) in [4.78, 5) is 35.7. The van der Waals surface area contributed by atoms with Crippen LogP contribution in [0.1, 0.15) is 245 Å². The van der Waals surface area contributed by atoms with E-state index >= 15 is 0 Å². The lowest BCUT2D eigenvalue weighted by Gasteiger charge is -2.24. The Hall–Kier alpha value is -3.85. The van der Waals surface area contributed by atoms with Crippen LogP contribution >= 0.6 is 7.82 Å². The Morgan fingerprint density at radius 1 is 0.400 bits per heavy atom. The first-order chi connectivity index (χ1) is 39.0. The van der Waals surface area contributed by atoms with E-state index in [0.717, 1.165) is 122 Å². The van der Waals surface area contributed by atoms with Crippen molar-refractivity contribution in [3.63, 3.8) is 0 Å². The standard InChI is InChI=1S/C70H118NO8P/c1-6-8-10-12-14-16-18-20-22-24-25-26-27-28-29-30-31-32-33-34-35-36-37-38-39-40-41-42-43-44-45-47-49-51-53-55-57-59-61-63-70(73)79-68(67-78-80(74,75)77-65-64-71(3,4)5)66-76-69(72)62-60-58-56-54-52-50-48-46-23-21-19-17-15-13-11-9-7-2/h8,10,14-17,20-23,25-26,28-29,31-32,34-35,37-38,40-41,68H,6-7,9,11-13,18-19,24,27,30,33,36,39,42-67H2,1-5H3/p+1/b10-8-,16-14-,17-15-,22-20-,23-21-,26-25-,29-28-,32-31-,35-34-,38-37-,41-40-. The van der Waals surface area contributed by atoms with Crippen molar-refractivity contribution in [2.24, 2.45) is 0 Å². The van der Waals surface area contributed by atoms with Gasteiger partial charge in [0.15, 0.2) is 6.10 Å². The van der Waals surface area contributed by atoms with Crippen molar-refractivity contribution in [3.05, 3.63) is 134 Å². The second-order valence-electron chi connectivity index (χ2n) is 22.1. The van der Waals surface area contributed by atoms with Gasteiger partial charge in [-0.2, -0.15) is 0 Å². The molecule has 0 heterocycles. The number of ether oxygens (including phenoxy) is 2. The first kappa shape index (κ1) is 76.1. The van der Waals surface area contributed by atoms with E-state index in [1.165, 1.54) is 89.9 Å². The summed E-state index contributed by atoms with van der Waals surface area (Å²) in [5, 5.41) is 0. The van der Waals surface area contributed by atoms with Crippen LogP contribution < -0.4 is 0 Å². The smallest absolute Gasteiger partial charge is 0.462 e. The molecule has 9 nitrogen and oxygen atoms in total. The van der Waals surface area contributed by atoms with E-state index < -0.39 is 26.5 Å². The minimum atomic E-state index is -4.40. The summed E-state index contributed by atoms with van der Waals surface area (Å²) in [6.45, 7) is 4.27. The van der Waals surface area contributed by atoms with E-state index in [-0.39, 0.29) is 32.0 Å². The third-order valence-corrected chi connectivity index (χ3v) is 14.1. The van der Waals surface area contributed by atoms with Crippen LogP contribution in [0, 0.1) is 0 Å². The highest BCUT2D eigenvalue weighted by Crippen LogP contribution is 2.43. The number of rotatable bonds is 57. The third-order valence-electron chi connectivity index (χ3n) is 13.2. The van der Waals surface area contributed by atoms with Gasteiger partial charge in [-0.05, 0) is 116 Å². The molecule has 2 unspecified atom stereocenters. The fraction of sp³-hybridized carbons (Fsp3) is 0.657. The molecule has 2 atom stereocenters. The fourth-order valence-corrected chi connectivity index (χ4v) is 9.01. The van der Waals surface area contributed by atoms with E-state index in [9.17, 15) is 19.0 Å². The Morgan fingerprint density at radius 3 is 1.06 bits per heavy atom. The SMILES string of the molecule is CC/C=C\C/C=C\C/C=C\C/C=C\C/C=C\C/C=C\C/C=C\C/C=C\C/C=C\CCCCCCCCCCCCCC(=O)OC(COC(=O)CCCCCCCCC/C=C\C/C=C\CCCCC)COP(=O)(O)OCC[N+](C)(C)C. The number of carbonyl (C=O) groups is 2. The lowest BCUT2D eigenvalue weighted by Crippen LogP contribution is -2.37. The number of allylic oxidation sites excluding steroid dienone is 22. The number of nitrogens with zero attached hydrogens (tertiary/aromatic N) is 1. The summed E-state index contributed by atoms with van der Waals surface area (Å²) in [5.41, 5.74) is 0. The van der Waals surface area contributed by atoms with Gasteiger partial charge in [-0.25, -0.2) is 4.57 Å². The number of esters is 2. The van der Waals surface area contributed by atoms with Crippen molar-refractivity contribution in [1.29, 1.82) is 0 Å². The summed E-state index contributed by atoms with van der Waals surface area (Å²) in [6.07, 6.45) is 86.7. The van der Waals surface area contributed by atoms with E-state index in [1.807, 2.05) is 21.1 Å². The molecule has 0 saturated heterocycles. The zero-order valence-corrected chi connectivity index (χ0v) is 52.7. The molecule has 0 aromatic carbocycles. The highest BCUT2D eigenvalue weighted by molar-refractivity contribution is 7.47. The van der Waals surface area contributed by atoms with Gasteiger partial charge < -0.3 is 18.9 Å². The van der Waals surface area contributed by atoms with Gasteiger partial charge in [-0.1, -0.05) is 250 Å². The Balaban J connectivity index is 4.10. The Bertz CT molecular complexity index is 1810. The monoisotopic (exact) mass is 1130 g/mol. The number of quaternary nitrogens is 1. The molecule has 456 valence electrons. The molecule has 0 aliphatic rings. The molecule has 10 heteroatoms. The van der Waals surface area contributed by atoms with Gasteiger partial charge in [0.1, 0.15) is 19.8 Å². The van der Waals surface area contributed by atoms with Crippen LogP contribution in [-0.2, 0) is 32.7 Å². The first-order valence-corrected chi connectivity index (χ1v) is 33.4. The summed E-state index contributed by atoms with van der Waals surface area (Å²) < 4.78 is 34.6. The van der Waals surface area contributed by atoms with Crippen molar-refractivity contribution >= 4 is 19.8 Å². The van der Waals surface area contributed by atoms with Gasteiger partial charge in [-0.15, -0.1) is 0 Å². The molecule has 0 rings (SSSR count). The predicted molar refractivity (Wildman–Crippen MR) is 344 cm³/mol.